The van der Waals surface area contributed by atoms with Gasteiger partial charge in [-0.25, -0.2) is 0 Å². The molecule has 0 amide bonds. The average Bonchev–Trinajstić information content (AvgIpc) is 2.26. The molecule has 0 spiro atoms. The molecule has 0 radical (unpaired) electrons. The zero-order valence-corrected chi connectivity index (χ0v) is 10.1. The topological polar surface area (TPSA) is 65.0 Å². The Labute approximate surface area is 96.7 Å². The fourth-order valence-electron chi connectivity index (χ4n) is 0.908. The molecule has 0 aliphatic heterocycles. The quantitative estimate of drug-likeness (QED) is 0.546. The third-order valence-electron chi connectivity index (χ3n) is 2.04. The lowest BCUT2D eigenvalue weighted by atomic mass is 10.3. The van der Waals surface area contributed by atoms with E-state index in [9.17, 15) is 4.79 Å². The van der Waals surface area contributed by atoms with E-state index < -0.39 is 5.97 Å². The van der Waals surface area contributed by atoms with E-state index in [4.69, 9.17) is 19.3 Å². The second kappa shape index (κ2) is 10.9. The number of carboxylic acid groups (broad SMARTS) is 1. The smallest absolute Gasteiger partial charge is 0.305 e. The van der Waals surface area contributed by atoms with Crippen LogP contribution in [0.25, 0.3) is 0 Å². The van der Waals surface area contributed by atoms with Gasteiger partial charge in [-0.15, -0.1) is 0 Å². The maximum absolute atomic E-state index is 10.1. The van der Waals surface area contributed by atoms with Gasteiger partial charge in [-0.3, -0.25) is 4.79 Å². The summed E-state index contributed by atoms with van der Waals surface area (Å²) in [4.78, 5) is 10.1. The van der Waals surface area contributed by atoms with Crippen molar-refractivity contribution in [1.82, 2.24) is 0 Å². The highest BCUT2D eigenvalue weighted by molar-refractivity contribution is 5.66. The van der Waals surface area contributed by atoms with Crippen LogP contribution >= 0.6 is 0 Å². The molecule has 0 saturated carbocycles. The molecule has 5 nitrogen and oxygen atoms in total. The van der Waals surface area contributed by atoms with Crippen molar-refractivity contribution in [3.05, 3.63) is 0 Å². The van der Waals surface area contributed by atoms with Crippen molar-refractivity contribution in [3.63, 3.8) is 0 Å². The van der Waals surface area contributed by atoms with Crippen LogP contribution in [-0.2, 0) is 19.0 Å². The number of ether oxygens (including phenoxy) is 3. The molecule has 0 saturated heterocycles. The van der Waals surface area contributed by atoms with Gasteiger partial charge in [-0.1, -0.05) is 6.92 Å². The highest BCUT2D eigenvalue weighted by atomic mass is 16.5. The lowest BCUT2D eigenvalue weighted by Crippen LogP contribution is -2.14. The molecule has 16 heavy (non-hydrogen) atoms. The summed E-state index contributed by atoms with van der Waals surface area (Å²) in [5.74, 6) is -0.845. The van der Waals surface area contributed by atoms with Crippen LogP contribution in [-0.4, -0.2) is 50.2 Å². The predicted molar refractivity (Wildman–Crippen MR) is 59.6 cm³/mol. The number of carboxylic acids is 1. The second-order valence-corrected chi connectivity index (χ2v) is 3.46. The van der Waals surface area contributed by atoms with Crippen molar-refractivity contribution in [1.29, 1.82) is 0 Å². The Bertz CT molecular complexity index is 172. The van der Waals surface area contributed by atoms with Crippen LogP contribution in [0.4, 0.5) is 0 Å². The molecule has 1 atom stereocenters. The summed E-state index contributed by atoms with van der Waals surface area (Å²) in [5, 5.41) is 8.33. The molecule has 0 aromatic carbocycles. The summed E-state index contributed by atoms with van der Waals surface area (Å²) in [7, 11) is 0. The lowest BCUT2D eigenvalue weighted by molar-refractivity contribution is -0.138. The number of hydrogen-bond donors (Lipinski definition) is 1. The van der Waals surface area contributed by atoms with E-state index in [1.807, 2.05) is 6.92 Å². The van der Waals surface area contributed by atoms with Gasteiger partial charge in [-0.05, 0) is 13.3 Å². The first-order valence-electron chi connectivity index (χ1n) is 5.65. The number of hydrogen-bond acceptors (Lipinski definition) is 4. The largest absolute Gasteiger partial charge is 0.481 e. The first-order valence-corrected chi connectivity index (χ1v) is 5.65. The number of aliphatic carboxylic acids is 1. The Morgan fingerprint density at radius 3 is 2.25 bits per heavy atom. The van der Waals surface area contributed by atoms with E-state index in [-0.39, 0.29) is 19.1 Å². The van der Waals surface area contributed by atoms with Crippen LogP contribution in [0.15, 0.2) is 0 Å². The van der Waals surface area contributed by atoms with Crippen LogP contribution in [0.3, 0.4) is 0 Å². The third-order valence-corrected chi connectivity index (χ3v) is 2.04. The van der Waals surface area contributed by atoms with Gasteiger partial charge in [0.15, 0.2) is 0 Å². The first-order chi connectivity index (χ1) is 7.66. The molecule has 1 unspecified atom stereocenters. The van der Waals surface area contributed by atoms with Crippen molar-refractivity contribution in [2.24, 2.45) is 0 Å². The standard InChI is InChI=1S/C11H22O5/c1-3-10(2)16-9-8-15-7-6-14-5-4-11(12)13/h10H,3-9H2,1-2H3,(H,12,13). The van der Waals surface area contributed by atoms with E-state index in [0.717, 1.165) is 6.42 Å². The fourth-order valence-corrected chi connectivity index (χ4v) is 0.908. The normalized spacial score (nSPS) is 12.6. The summed E-state index contributed by atoms with van der Waals surface area (Å²) >= 11 is 0. The van der Waals surface area contributed by atoms with E-state index in [1.54, 1.807) is 0 Å². The van der Waals surface area contributed by atoms with Gasteiger partial charge < -0.3 is 19.3 Å². The summed E-state index contributed by atoms with van der Waals surface area (Å²) in [6.07, 6.45) is 1.31. The van der Waals surface area contributed by atoms with E-state index in [0.29, 0.717) is 26.4 Å². The second-order valence-electron chi connectivity index (χ2n) is 3.46. The van der Waals surface area contributed by atoms with E-state index >= 15 is 0 Å². The van der Waals surface area contributed by atoms with Crippen molar-refractivity contribution in [3.8, 4) is 0 Å². The minimum atomic E-state index is -0.845. The Balaban J connectivity index is 3.01. The Morgan fingerprint density at radius 1 is 1.12 bits per heavy atom. The zero-order valence-electron chi connectivity index (χ0n) is 10.1. The highest BCUT2D eigenvalue weighted by Crippen LogP contribution is 1.94. The molecule has 0 aliphatic rings. The van der Waals surface area contributed by atoms with Crippen molar-refractivity contribution in [2.75, 3.05) is 33.0 Å². The summed E-state index contributed by atoms with van der Waals surface area (Å²) in [6, 6.07) is 0. The van der Waals surface area contributed by atoms with Crippen LogP contribution in [0.2, 0.25) is 0 Å². The molecule has 0 fully saturated rings. The van der Waals surface area contributed by atoms with Gasteiger partial charge in [0.05, 0.1) is 45.6 Å². The molecule has 0 bridgehead atoms. The number of rotatable bonds is 11. The van der Waals surface area contributed by atoms with Gasteiger partial charge in [0.1, 0.15) is 0 Å². The molecule has 0 aliphatic carbocycles. The van der Waals surface area contributed by atoms with Crippen LogP contribution in [0.1, 0.15) is 26.7 Å². The van der Waals surface area contributed by atoms with E-state index in [1.165, 1.54) is 0 Å². The molecule has 0 heterocycles. The van der Waals surface area contributed by atoms with Crippen LogP contribution in [0.5, 0.6) is 0 Å². The molecule has 0 aromatic heterocycles. The van der Waals surface area contributed by atoms with E-state index in [2.05, 4.69) is 6.92 Å². The Kier molecular flexibility index (Phi) is 10.4. The highest BCUT2D eigenvalue weighted by Gasteiger charge is 1.98. The summed E-state index contributed by atoms with van der Waals surface area (Å²) < 4.78 is 15.7. The third kappa shape index (κ3) is 11.4. The molecule has 96 valence electrons. The van der Waals surface area contributed by atoms with Gasteiger partial charge >= 0.3 is 5.97 Å². The summed E-state index contributed by atoms with van der Waals surface area (Å²) in [6.45, 7) is 6.37. The minimum absolute atomic E-state index is 0.0388. The number of carbonyl (C=O) groups is 1. The Morgan fingerprint density at radius 2 is 1.69 bits per heavy atom. The molecule has 0 rings (SSSR count). The maximum atomic E-state index is 10.1. The van der Waals surface area contributed by atoms with Gasteiger partial charge in [0.2, 0.25) is 0 Å². The molecular formula is C11H22O5. The lowest BCUT2D eigenvalue weighted by Gasteiger charge is -2.10. The maximum Gasteiger partial charge on any atom is 0.305 e. The molecule has 1 N–H and O–H groups in total. The van der Waals surface area contributed by atoms with Crippen LogP contribution < -0.4 is 0 Å². The van der Waals surface area contributed by atoms with Crippen molar-refractivity contribution in [2.45, 2.75) is 32.8 Å². The predicted octanol–water partition coefficient (Wildman–Crippen LogP) is 1.31. The molecule has 5 heteroatoms. The molecule has 0 aromatic rings. The first kappa shape index (κ1) is 15.3. The minimum Gasteiger partial charge on any atom is -0.481 e. The molecular weight excluding hydrogens is 212 g/mol. The SMILES string of the molecule is CCC(C)OCCOCCOCCC(=O)O. The summed E-state index contributed by atoms with van der Waals surface area (Å²) in [5.41, 5.74) is 0. The van der Waals surface area contributed by atoms with Gasteiger partial charge in [0, 0.05) is 0 Å². The monoisotopic (exact) mass is 234 g/mol. The van der Waals surface area contributed by atoms with Crippen LogP contribution in [0, 0.1) is 0 Å². The van der Waals surface area contributed by atoms with Crippen molar-refractivity contribution >= 4 is 5.97 Å². The average molecular weight is 234 g/mol. The Hall–Kier alpha value is -0.650. The van der Waals surface area contributed by atoms with Crippen molar-refractivity contribution < 1.29 is 24.1 Å². The van der Waals surface area contributed by atoms with Gasteiger partial charge in [-0.2, -0.15) is 0 Å². The zero-order chi connectivity index (χ0) is 12.2. The van der Waals surface area contributed by atoms with Gasteiger partial charge in [0.25, 0.3) is 0 Å². The fraction of sp³-hybridized carbons (Fsp3) is 0.909.